The van der Waals surface area contributed by atoms with Gasteiger partial charge in [0, 0.05) is 29.8 Å². The van der Waals surface area contributed by atoms with E-state index in [0.29, 0.717) is 18.0 Å². The van der Waals surface area contributed by atoms with Gasteiger partial charge >= 0.3 is 5.97 Å². The van der Waals surface area contributed by atoms with Crippen LogP contribution in [0.1, 0.15) is 41.3 Å². The Balaban J connectivity index is 1.63. The number of rotatable bonds is 9. The zero-order valence-electron chi connectivity index (χ0n) is 18.4. The Hall–Kier alpha value is -3.51. The molecule has 2 atom stereocenters. The maximum Gasteiger partial charge on any atom is 0.320 e. The molecule has 0 fully saturated rings. The van der Waals surface area contributed by atoms with Crippen molar-refractivity contribution in [3.05, 3.63) is 89.6 Å². The van der Waals surface area contributed by atoms with Crippen molar-refractivity contribution < 1.29 is 14.7 Å². The first kappa shape index (κ1) is 23.2. The predicted molar refractivity (Wildman–Crippen MR) is 125 cm³/mol. The van der Waals surface area contributed by atoms with Crippen molar-refractivity contribution in [2.24, 2.45) is 11.7 Å². The molecule has 0 aliphatic heterocycles. The first-order chi connectivity index (χ1) is 15.3. The smallest absolute Gasteiger partial charge is 0.320 e. The van der Waals surface area contributed by atoms with Crippen LogP contribution in [-0.4, -0.2) is 34.6 Å². The molecule has 0 saturated heterocycles. The molecule has 0 aliphatic rings. The molecule has 4 N–H and O–H groups in total. The van der Waals surface area contributed by atoms with Crippen molar-refractivity contribution in [2.75, 3.05) is 6.54 Å². The van der Waals surface area contributed by atoms with E-state index in [1.807, 2.05) is 18.2 Å². The van der Waals surface area contributed by atoms with Crippen LogP contribution >= 0.6 is 0 Å². The second kappa shape index (κ2) is 10.7. The van der Waals surface area contributed by atoms with Crippen molar-refractivity contribution in [3.63, 3.8) is 0 Å². The number of aromatic nitrogens is 1. The van der Waals surface area contributed by atoms with Crippen LogP contribution < -0.4 is 11.1 Å². The van der Waals surface area contributed by atoms with Gasteiger partial charge in [-0.3, -0.25) is 14.6 Å². The zero-order chi connectivity index (χ0) is 23.1. The molecule has 2 aromatic carbocycles. The predicted octanol–water partition coefficient (Wildman–Crippen LogP) is 3.87. The number of hydrogen-bond acceptors (Lipinski definition) is 4. The molecule has 0 bridgehead atoms. The van der Waals surface area contributed by atoms with Gasteiger partial charge in [0.2, 0.25) is 0 Å². The summed E-state index contributed by atoms with van der Waals surface area (Å²) < 4.78 is 0. The first-order valence-corrected chi connectivity index (χ1v) is 10.7. The van der Waals surface area contributed by atoms with E-state index in [0.717, 1.165) is 22.4 Å². The molecule has 0 saturated carbocycles. The fraction of sp³-hybridized carbons (Fsp3) is 0.269. The van der Waals surface area contributed by atoms with Gasteiger partial charge in [0.15, 0.2) is 0 Å². The highest BCUT2D eigenvalue weighted by Gasteiger charge is 2.18. The van der Waals surface area contributed by atoms with Gasteiger partial charge in [-0.05, 0) is 47.7 Å². The summed E-state index contributed by atoms with van der Waals surface area (Å²) in [5.74, 6) is -0.685. The number of nitrogens with one attached hydrogen (secondary N) is 1. The third-order valence-corrected chi connectivity index (χ3v) is 5.58. The number of nitrogens with two attached hydrogens (primary N) is 1. The molecular formula is C26H29N3O3. The number of nitrogens with zero attached hydrogens (tertiary/aromatic N) is 1. The van der Waals surface area contributed by atoms with Crippen LogP contribution in [-0.2, 0) is 11.2 Å². The molecular weight excluding hydrogens is 402 g/mol. The van der Waals surface area contributed by atoms with Crippen LogP contribution in [0.3, 0.4) is 0 Å². The minimum atomic E-state index is -1.04. The van der Waals surface area contributed by atoms with Crippen molar-refractivity contribution in [3.8, 4) is 11.3 Å². The van der Waals surface area contributed by atoms with Gasteiger partial charge in [-0.2, -0.15) is 0 Å². The molecule has 0 aliphatic carbocycles. The lowest BCUT2D eigenvalue weighted by Gasteiger charge is -2.22. The fourth-order valence-electron chi connectivity index (χ4n) is 3.61. The number of benzene rings is 2. The van der Waals surface area contributed by atoms with Crippen molar-refractivity contribution in [1.82, 2.24) is 10.3 Å². The largest absolute Gasteiger partial charge is 0.480 e. The van der Waals surface area contributed by atoms with Gasteiger partial charge in [-0.25, -0.2) is 0 Å². The van der Waals surface area contributed by atoms with Gasteiger partial charge in [0.1, 0.15) is 6.04 Å². The third-order valence-electron chi connectivity index (χ3n) is 5.58. The lowest BCUT2D eigenvalue weighted by molar-refractivity contribution is -0.138. The van der Waals surface area contributed by atoms with E-state index in [2.05, 4.69) is 48.4 Å². The summed E-state index contributed by atoms with van der Waals surface area (Å²) in [4.78, 5) is 27.9. The topological polar surface area (TPSA) is 105 Å². The van der Waals surface area contributed by atoms with Crippen LogP contribution in [0.15, 0.2) is 72.9 Å². The summed E-state index contributed by atoms with van der Waals surface area (Å²) >= 11 is 0. The lowest BCUT2D eigenvalue weighted by atomic mass is 9.87. The van der Waals surface area contributed by atoms with E-state index in [9.17, 15) is 9.59 Å². The Morgan fingerprint density at radius 1 is 1.00 bits per heavy atom. The number of hydrogen-bond donors (Lipinski definition) is 3. The van der Waals surface area contributed by atoms with Crippen molar-refractivity contribution in [1.29, 1.82) is 0 Å². The van der Waals surface area contributed by atoms with Gasteiger partial charge in [-0.15, -0.1) is 0 Å². The Labute approximate surface area is 188 Å². The normalized spacial score (nSPS) is 12.9. The molecule has 6 nitrogen and oxygen atoms in total. The standard InChI is InChI=1S/C26H29N3O3/c1-17(2)22(19-10-12-20(13-11-19)24-5-3-4-14-28-24)16-29-25(30)21-8-6-18(7-9-21)15-23(27)26(31)32/h3-14,17,22-23H,15-16,27H2,1-2H3,(H,29,30)(H,31,32). The van der Waals surface area contributed by atoms with Crippen LogP contribution in [0, 0.1) is 5.92 Å². The average molecular weight is 432 g/mol. The van der Waals surface area contributed by atoms with Gasteiger partial charge in [-0.1, -0.05) is 56.3 Å². The quantitative estimate of drug-likeness (QED) is 0.477. The Morgan fingerprint density at radius 2 is 1.69 bits per heavy atom. The second-order valence-corrected chi connectivity index (χ2v) is 8.24. The summed E-state index contributed by atoms with van der Waals surface area (Å²) in [5.41, 5.74) is 10.0. The lowest BCUT2D eigenvalue weighted by Crippen LogP contribution is -2.32. The highest BCUT2D eigenvalue weighted by Crippen LogP contribution is 2.26. The number of aliphatic carboxylic acids is 1. The minimum absolute atomic E-state index is 0.158. The molecule has 1 heterocycles. The maximum absolute atomic E-state index is 12.6. The highest BCUT2D eigenvalue weighted by atomic mass is 16.4. The monoisotopic (exact) mass is 431 g/mol. The van der Waals surface area contributed by atoms with E-state index in [1.165, 1.54) is 0 Å². The van der Waals surface area contributed by atoms with Crippen LogP contribution in [0.2, 0.25) is 0 Å². The first-order valence-electron chi connectivity index (χ1n) is 10.7. The van der Waals surface area contributed by atoms with Crippen LogP contribution in [0.4, 0.5) is 0 Å². The van der Waals surface area contributed by atoms with Crippen molar-refractivity contribution in [2.45, 2.75) is 32.2 Å². The zero-order valence-corrected chi connectivity index (χ0v) is 18.4. The van der Waals surface area contributed by atoms with Crippen LogP contribution in [0.25, 0.3) is 11.3 Å². The van der Waals surface area contributed by atoms with Gasteiger partial charge in [0.05, 0.1) is 5.69 Å². The minimum Gasteiger partial charge on any atom is -0.480 e. The second-order valence-electron chi connectivity index (χ2n) is 8.24. The van der Waals surface area contributed by atoms with E-state index in [-0.39, 0.29) is 18.2 Å². The maximum atomic E-state index is 12.6. The molecule has 3 aromatic rings. The average Bonchev–Trinajstić information content (AvgIpc) is 2.80. The van der Waals surface area contributed by atoms with E-state index in [4.69, 9.17) is 10.8 Å². The number of amides is 1. The van der Waals surface area contributed by atoms with Gasteiger partial charge in [0.25, 0.3) is 5.91 Å². The summed E-state index contributed by atoms with van der Waals surface area (Å²) in [6.45, 7) is 4.80. The fourth-order valence-corrected chi connectivity index (χ4v) is 3.61. The summed E-state index contributed by atoms with van der Waals surface area (Å²) in [6.07, 6.45) is 2.00. The molecule has 6 heteroatoms. The Bertz CT molecular complexity index is 1030. The van der Waals surface area contributed by atoms with Crippen LogP contribution in [0.5, 0.6) is 0 Å². The molecule has 32 heavy (non-hydrogen) atoms. The molecule has 2 unspecified atom stereocenters. The molecule has 0 radical (unpaired) electrons. The Morgan fingerprint density at radius 3 is 2.25 bits per heavy atom. The number of carbonyl (C=O) groups is 2. The summed E-state index contributed by atoms with van der Waals surface area (Å²) in [7, 11) is 0. The summed E-state index contributed by atoms with van der Waals surface area (Å²) in [5, 5.41) is 12.0. The van der Waals surface area contributed by atoms with E-state index in [1.54, 1.807) is 30.5 Å². The number of pyridine rings is 1. The SMILES string of the molecule is CC(C)C(CNC(=O)c1ccc(CC(N)C(=O)O)cc1)c1ccc(-c2ccccn2)cc1. The molecule has 1 aromatic heterocycles. The highest BCUT2D eigenvalue weighted by molar-refractivity contribution is 5.94. The van der Waals surface area contributed by atoms with E-state index < -0.39 is 12.0 Å². The number of carboxylic acid groups (broad SMARTS) is 1. The number of carboxylic acids is 1. The van der Waals surface area contributed by atoms with E-state index >= 15 is 0 Å². The summed E-state index contributed by atoms with van der Waals surface area (Å²) in [6, 6.07) is 20.1. The third kappa shape index (κ3) is 6.02. The van der Waals surface area contributed by atoms with Gasteiger partial charge < -0.3 is 16.2 Å². The molecule has 0 spiro atoms. The number of carbonyl (C=O) groups excluding carboxylic acids is 1. The molecule has 3 rings (SSSR count). The Kier molecular flexibility index (Phi) is 7.73. The molecule has 166 valence electrons. The molecule has 1 amide bonds. The van der Waals surface area contributed by atoms with Crippen molar-refractivity contribution >= 4 is 11.9 Å².